The van der Waals surface area contributed by atoms with Crippen molar-refractivity contribution in [2.75, 3.05) is 19.6 Å². The van der Waals surface area contributed by atoms with Gasteiger partial charge in [-0.3, -0.25) is 4.79 Å². The Morgan fingerprint density at radius 3 is 2.77 bits per heavy atom. The van der Waals surface area contributed by atoms with E-state index in [-0.39, 0.29) is 42.6 Å². The highest BCUT2D eigenvalue weighted by Gasteiger charge is 2.25. The topological polar surface area (TPSA) is 54.5 Å². The fraction of sp³-hybridized carbons (Fsp3) is 0.294. The third-order valence-electron chi connectivity index (χ3n) is 3.76. The summed E-state index contributed by atoms with van der Waals surface area (Å²) in [6.07, 6.45) is 1.58. The molecule has 0 spiro atoms. The number of hydrogen-bond acceptors (Lipinski definition) is 4. The van der Waals surface area contributed by atoms with Gasteiger partial charge in [0.05, 0.1) is 5.02 Å². The highest BCUT2D eigenvalue weighted by atomic mass is 35.5. The first-order valence-corrected chi connectivity index (χ1v) is 8.41. The summed E-state index contributed by atoms with van der Waals surface area (Å²) < 4.78 is 5.77. The van der Waals surface area contributed by atoms with Gasteiger partial charge in [-0.25, -0.2) is 4.98 Å². The van der Waals surface area contributed by atoms with Crippen molar-refractivity contribution in [2.45, 2.75) is 13.0 Å². The zero-order valence-electron chi connectivity index (χ0n) is 13.9. The Bertz CT molecular complexity index is 761. The molecular weight excluding hydrogens is 420 g/mol. The molecule has 1 amide bonds. The molecule has 26 heavy (non-hydrogen) atoms. The van der Waals surface area contributed by atoms with Crippen LogP contribution in [0.3, 0.4) is 0 Å². The molecule has 1 aromatic heterocycles. The molecule has 1 aliphatic rings. The van der Waals surface area contributed by atoms with Gasteiger partial charge in [0.15, 0.2) is 0 Å². The number of hydrogen-bond donors (Lipinski definition) is 1. The van der Waals surface area contributed by atoms with Crippen molar-refractivity contribution in [3.63, 3.8) is 0 Å². The van der Waals surface area contributed by atoms with E-state index in [1.54, 1.807) is 41.4 Å². The van der Waals surface area contributed by atoms with Crippen LogP contribution >= 0.6 is 48.0 Å². The first kappa shape index (κ1) is 22.8. The Labute approximate surface area is 174 Å². The van der Waals surface area contributed by atoms with Gasteiger partial charge in [-0.15, -0.1) is 24.8 Å². The lowest BCUT2D eigenvalue weighted by Crippen LogP contribution is -2.51. The SMILES string of the molecule is CC1CN(C(=O)c2cccnc2Oc2ccc(Cl)cc2Cl)CCN1.Cl.Cl. The number of pyridine rings is 1. The highest BCUT2D eigenvalue weighted by Crippen LogP contribution is 2.32. The van der Waals surface area contributed by atoms with E-state index >= 15 is 0 Å². The maximum atomic E-state index is 12.8. The lowest BCUT2D eigenvalue weighted by atomic mass is 10.2. The molecule has 1 atom stereocenters. The van der Waals surface area contributed by atoms with E-state index in [4.69, 9.17) is 27.9 Å². The fourth-order valence-electron chi connectivity index (χ4n) is 2.58. The minimum Gasteiger partial charge on any atom is -0.437 e. The molecule has 9 heteroatoms. The number of benzene rings is 1. The van der Waals surface area contributed by atoms with E-state index < -0.39 is 0 Å². The van der Waals surface area contributed by atoms with Gasteiger partial charge < -0.3 is 15.0 Å². The average Bonchev–Trinajstić information content (AvgIpc) is 2.57. The second-order valence-corrected chi connectivity index (χ2v) is 6.48. The number of rotatable bonds is 3. The third kappa shape index (κ3) is 5.38. The zero-order valence-corrected chi connectivity index (χ0v) is 17.1. The minimum absolute atomic E-state index is 0. The molecule has 0 saturated carbocycles. The highest BCUT2D eigenvalue weighted by molar-refractivity contribution is 6.35. The van der Waals surface area contributed by atoms with E-state index in [1.165, 1.54) is 0 Å². The summed E-state index contributed by atoms with van der Waals surface area (Å²) in [4.78, 5) is 18.8. The summed E-state index contributed by atoms with van der Waals surface area (Å²) in [7, 11) is 0. The van der Waals surface area contributed by atoms with Crippen molar-refractivity contribution >= 4 is 53.9 Å². The van der Waals surface area contributed by atoms with Crippen LogP contribution in [-0.2, 0) is 0 Å². The van der Waals surface area contributed by atoms with Gasteiger partial charge in [0.1, 0.15) is 11.3 Å². The van der Waals surface area contributed by atoms with Gasteiger partial charge in [0.2, 0.25) is 5.88 Å². The lowest BCUT2D eigenvalue weighted by molar-refractivity contribution is 0.0705. The molecule has 1 aromatic carbocycles. The van der Waals surface area contributed by atoms with Crippen molar-refractivity contribution in [2.24, 2.45) is 0 Å². The summed E-state index contributed by atoms with van der Waals surface area (Å²) in [6.45, 7) is 4.12. The predicted molar refractivity (Wildman–Crippen MR) is 109 cm³/mol. The number of nitrogens with one attached hydrogen (secondary N) is 1. The Kier molecular flexibility index (Phi) is 8.93. The average molecular weight is 439 g/mol. The second kappa shape index (κ2) is 10.2. The van der Waals surface area contributed by atoms with Crippen LogP contribution < -0.4 is 10.1 Å². The van der Waals surface area contributed by atoms with Crippen LogP contribution in [0.1, 0.15) is 17.3 Å². The smallest absolute Gasteiger partial charge is 0.259 e. The van der Waals surface area contributed by atoms with E-state index in [9.17, 15) is 4.79 Å². The summed E-state index contributed by atoms with van der Waals surface area (Å²) in [5, 5.41) is 4.19. The molecule has 1 saturated heterocycles. The molecule has 0 bridgehead atoms. The van der Waals surface area contributed by atoms with Gasteiger partial charge in [0.25, 0.3) is 5.91 Å². The number of aromatic nitrogens is 1. The molecule has 1 N–H and O–H groups in total. The number of carbonyl (C=O) groups excluding carboxylic acids is 1. The van der Waals surface area contributed by atoms with Crippen LogP contribution in [0.4, 0.5) is 0 Å². The maximum Gasteiger partial charge on any atom is 0.259 e. The Hall–Kier alpha value is -1.24. The molecule has 142 valence electrons. The number of carbonyl (C=O) groups is 1. The molecule has 0 radical (unpaired) electrons. The van der Waals surface area contributed by atoms with Gasteiger partial charge in [0, 0.05) is 36.9 Å². The molecular formula is C17H19Cl4N3O2. The number of nitrogens with zero attached hydrogens (tertiary/aromatic N) is 2. The predicted octanol–water partition coefficient (Wildman–Crippen LogP) is 4.46. The maximum absolute atomic E-state index is 12.8. The van der Waals surface area contributed by atoms with Gasteiger partial charge in [-0.2, -0.15) is 0 Å². The number of amides is 1. The molecule has 1 unspecified atom stereocenters. The van der Waals surface area contributed by atoms with Crippen molar-refractivity contribution in [1.29, 1.82) is 0 Å². The van der Waals surface area contributed by atoms with Crippen LogP contribution in [0, 0.1) is 0 Å². The van der Waals surface area contributed by atoms with Crippen LogP contribution in [-0.4, -0.2) is 41.5 Å². The van der Waals surface area contributed by atoms with Crippen LogP contribution in [0.15, 0.2) is 36.5 Å². The molecule has 0 aliphatic carbocycles. The lowest BCUT2D eigenvalue weighted by Gasteiger charge is -2.32. The van der Waals surface area contributed by atoms with Crippen molar-refractivity contribution < 1.29 is 9.53 Å². The second-order valence-electron chi connectivity index (χ2n) is 5.64. The summed E-state index contributed by atoms with van der Waals surface area (Å²) >= 11 is 12.0. The summed E-state index contributed by atoms with van der Waals surface area (Å²) in [5.74, 6) is 0.539. The van der Waals surface area contributed by atoms with Crippen molar-refractivity contribution in [3.8, 4) is 11.6 Å². The Balaban J connectivity index is 0.00000169. The largest absolute Gasteiger partial charge is 0.437 e. The number of halogens is 4. The quantitative estimate of drug-likeness (QED) is 0.768. The first-order valence-electron chi connectivity index (χ1n) is 7.65. The molecule has 2 heterocycles. The van der Waals surface area contributed by atoms with Crippen LogP contribution in [0.5, 0.6) is 11.6 Å². The van der Waals surface area contributed by atoms with E-state index in [0.29, 0.717) is 34.4 Å². The summed E-state index contributed by atoms with van der Waals surface area (Å²) in [5.41, 5.74) is 0.414. The molecule has 2 aromatic rings. The normalized spacial score (nSPS) is 16.3. The van der Waals surface area contributed by atoms with Crippen molar-refractivity contribution in [3.05, 3.63) is 52.1 Å². The molecule has 5 nitrogen and oxygen atoms in total. The molecule has 1 aliphatic heterocycles. The van der Waals surface area contributed by atoms with Crippen molar-refractivity contribution in [1.82, 2.24) is 15.2 Å². The molecule has 3 rings (SSSR count). The standard InChI is InChI=1S/C17H17Cl2N3O2.2ClH/c1-11-10-22(8-7-20-11)17(23)13-3-2-6-21-16(13)24-15-5-4-12(18)9-14(15)19;;/h2-6,9,11,20H,7-8,10H2,1H3;2*1H. The van der Waals surface area contributed by atoms with E-state index in [0.717, 1.165) is 6.54 Å². The summed E-state index contributed by atoms with van der Waals surface area (Å²) in [6, 6.07) is 8.59. The minimum atomic E-state index is -0.100. The number of ether oxygens (including phenoxy) is 1. The van der Waals surface area contributed by atoms with Crippen LogP contribution in [0.2, 0.25) is 10.0 Å². The van der Waals surface area contributed by atoms with Gasteiger partial charge in [-0.1, -0.05) is 23.2 Å². The Morgan fingerprint density at radius 1 is 1.31 bits per heavy atom. The van der Waals surface area contributed by atoms with E-state index in [2.05, 4.69) is 10.3 Å². The Morgan fingerprint density at radius 2 is 2.08 bits per heavy atom. The van der Waals surface area contributed by atoms with Gasteiger partial charge >= 0.3 is 0 Å². The van der Waals surface area contributed by atoms with Gasteiger partial charge in [-0.05, 0) is 37.3 Å². The first-order chi connectivity index (χ1) is 11.5. The monoisotopic (exact) mass is 437 g/mol. The zero-order chi connectivity index (χ0) is 17.1. The fourth-order valence-corrected chi connectivity index (χ4v) is 3.03. The van der Waals surface area contributed by atoms with Crippen LogP contribution in [0.25, 0.3) is 0 Å². The van der Waals surface area contributed by atoms with E-state index in [1.807, 2.05) is 6.92 Å². The third-order valence-corrected chi connectivity index (χ3v) is 4.29. The number of piperazine rings is 1. The molecule has 1 fully saturated rings.